The second-order valence-electron chi connectivity index (χ2n) is 5.83. The van der Waals surface area contributed by atoms with Gasteiger partial charge in [0, 0.05) is 6.04 Å². The molecule has 0 bridgehead atoms. The first kappa shape index (κ1) is 12.4. The van der Waals surface area contributed by atoms with Crippen LogP contribution in [0.5, 0.6) is 0 Å². The van der Waals surface area contributed by atoms with Gasteiger partial charge in [0.15, 0.2) is 0 Å². The molecule has 2 aliphatic heterocycles. The van der Waals surface area contributed by atoms with E-state index in [2.05, 4.69) is 17.1 Å². The number of nitrogens with one attached hydrogen (secondary N) is 1. The average molecular weight is 224 g/mol. The van der Waals surface area contributed by atoms with Crippen molar-refractivity contribution in [3.8, 4) is 0 Å². The van der Waals surface area contributed by atoms with Crippen LogP contribution in [-0.4, -0.2) is 37.1 Å². The third-order valence-electron chi connectivity index (χ3n) is 4.23. The van der Waals surface area contributed by atoms with Crippen molar-refractivity contribution in [1.82, 2.24) is 10.2 Å². The Bertz CT molecular complexity index is 187. The Hall–Kier alpha value is -0.0800. The molecule has 0 aliphatic carbocycles. The summed E-state index contributed by atoms with van der Waals surface area (Å²) in [5.74, 6) is 0.949. The zero-order chi connectivity index (χ0) is 11.2. The molecule has 0 radical (unpaired) electrons. The third-order valence-corrected chi connectivity index (χ3v) is 4.23. The van der Waals surface area contributed by atoms with Gasteiger partial charge in [-0.2, -0.15) is 0 Å². The second kappa shape index (κ2) is 6.61. The van der Waals surface area contributed by atoms with Gasteiger partial charge in [0.1, 0.15) is 0 Å². The van der Waals surface area contributed by atoms with E-state index < -0.39 is 0 Å². The predicted octanol–water partition coefficient (Wildman–Crippen LogP) is 2.64. The van der Waals surface area contributed by atoms with Crippen LogP contribution in [0.4, 0.5) is 0 Å². The first-order chi connectivity index (χ1) is 7.84. The molecular formula is C14H28N2. The highest BCUT2D eigenvalue weighted by Crippen LogP contribution is 2.19. The Morgan fingerprint density at radius 1 is 1.19 bits per heavy atom. The quantitative estimate of drug-likeness (QED) is 0.722. The van der Waals surface area contributed by atoms with Crippen LogP contribution in [0.1, 0.15) is 51.9 Å². The third kappa shape index (κ3) is 4.06. The molecule has 94 valence electrons. The maximum atomic E-state index is 3.66. The van der Waals surface area contributed by atoms with Gasteiger partial charge >= 0.3 is 0 Å². The number of nitrogens with zero attached hydrogens (tertiary/aromatic N) is 1. The van der Waals surface area contributed by atoms with E-state index in [0.717, 1.165) is 12.0 Å². The fourth-order valence-corrected chi connectivity index (χ4v) is 3.17. The Balaban J connectivity index is 1.50. The Morgan fingerprint density at radius 3 is 2.75 bits per heavy atom. The van der Waals surface area contributed by atoms with Gasteiger partial charge in [0.2, 0.25) is 0 Å². The lowest BCUT2D eigenvalue weighted by molar-refractivity contribution is 0.288. The van der Waals surface area contributed by atoms with Crippen molar-refractivity contribution in [2.75, 3.05) is 26.2 Å². The lowest BCUT2D eigenvalue weighted by Gasteiger charge is -2.28. The van der Waals surface area contributed by atoms with E-state index in [4.69, 9.17) is 0 Å². The summed E-state index contributed by atoms with van der Waals surface area (Å²) in [6.07, 6.45) is 9.88. The molecule has 0 saturated carbocycles. The lowest BCUT2D eigenvalue weighted by atomic mass is 9.91. The number of hydrogen-bond acceptors (Lipinski definition) is 2. The molecule has 2 heteroatoms. The highest BCUT2D eigenvalue weighted by molar-refractivity contribution is 4.76. The minimum atomic E-state index is 0.822. The molecule has 2 nitrogen and oxygen atoms in total. The summed E-state index contributed by atoms with van der Waals surface area (Å²) < 4.78 is 0. The van der Waals surface area contributed by atoms with E-state index in [0.29, 0.717) is 0 Å². The van der Waals surface area contributed by atoms with Crippen LogP contribution >= 0.6 is 0 Å². The molecule has 2 unspecified atom stereocenters. The number of likely N-dealkylation sites (tertiary alicyclic amines) is 1. The first-order valence-corrected chi connectivity index (χ1v) is 7.30. The van der Waals surface area contributed by atoms with Gasteiger partial charge in [-0.15, -0.1) is 0 Å². The smallest absolute Gasteiger partial charge is 0.00696 e. The number of piperidine rings is 1. The molecule has 0 aromatic rings. The van der Waals surface area contributed by atoms with Gasteiger partial charge in [0.25, 0.3) is 0 Å². The zero-order valence-corrected chi connectivity index (χ0v) is 10.9. The largest absolute Gasteiger partial charge is 0.314 e. The van der Waals surface area contributed by atoms with E-state index >= 15 is 0 Å². The number of unbranched alkanes of at least 4 members (excludes halogenated alkanes) is 1. The van der Waals surface area contributed by atoms with Gasteiger partial charge in [-0.1, -0.05) is 13.3 Å². The second-order valence-corrected chi connectivity index (χ2v) is 5.83. The summed E-state index contributed by atoms with van der Waals surface area (Å²) in [4.78, 5) is 2.64. The normalized spacial score (nSPS) is 32.1. The van der Waals surface area contributed by atoms with E-state index in [-0.39, 0.29) is 0 Å². The summed E-state index contributed by atoms with van der Waals surface area (Å²) >= 11 is 0. The predicted molar refractivity (Wildman–Crippen MR) is 69.7 cm³/mol. The minimum absolute atomic E-state index is 0.822. The van der Waals surface area contributed by atoms with Gasteiger partial charge in [-0.25, -0.2) is 0 Å². The summed E-state index contributed by atoms with van der Waals surface area (Å²) in [7, 11) is 0. The van der Waals surface area contributed by atoms with Crippen LogP contribution < -0.4 is 5.32 Å². The number of hydrogen-bond donors (Lipinski definition) is 1. The maximum absolute atomic E-state index is 3.66. The Labute approximate surface area is 101 Å². The standard InChI is InChI=1S/C14H28N2/c1-13-7-8-15-14(12-13)6-2-3-9-16-10-4-5-11-16/h13-15H,2-12H2,1H3. The van der Waals surface area contributed by atoms with Crippen molar-refractivity contribution in [2.45, 2.75) is 57.9 Å². The lowest BCUT2D eigenvalue weighted by Crippen LogP contribution is -2.37. The van der Waals surface area contributed by atoms with E-state index in [1.165, 1.54) is 71.1 Å². The van der Waals surface area contributed by atoms with Gasteiger partial charge < -0.3 is 10.2 Å². The van der Waals surface area contributed by atoms with Crippen molar-refractivity contribution < 1.29 is 0 Å². The molecule has 2 heterocycles. The Kier molecular flexibility index (Phi) is 5.11. The highest BCUT2D eigenvalue weighted by atomic mass is 15.1. The van der Waals surface area contributed by atoms with E-state index in [1.807, 2.05) is 0 Å². The number of rotatable bonds is 5. The van der Waals surface area contributed by atoms with Crippen LogP contribution in [0.2, 0.25) is 0 Å². The van der Waals surface area contributed by atoms with Gasteiger partial charge in [-0.05, 0) is 70.6 Å². The van der Waals surface area contributed by atoms with Crippen LogP contribution in [-0.2, 0) is 0 Å². The van der Waals surface area contributed by atoms with Gasteiger partial charge in [0.05, 0.1) is 0 Å². The minimum Gasteiger partial charge on any atom is -0.314 e. The fourth-order valence-electron chi connectivity index (χ4n) is 3.17. The van der Waals surface area contributed by atoms with Crippen LogP contribution in [0.25, 0.3) is 0 Å². The van der Waals surface area contributed by atoms with Crippen molar-refractivity contribution in [3.05, 3.63) is 0 Å². The molecule has 2 rings (SSSR count). The van der Waals surface area contributed by atoms with Crippen molar-refractivity contribution in [3.63, 3.8) is 0 Å². The van der Waals surface area contributed by atoms with Gasteiger partial charge in [-0.3, -0.25) is 0 Å². The molecule has 2 fully saturated rings. The molecule has 16 heavy (non-hydrogen) atoms. The van der Waals surface area contributed by atoms with Crippen molar-refractivity contribution in [1.29, 1.82) is 0 Å². The topological polar surface area (TPSA) is 15.3 Å². The fraction of sp³-hybridized carbons (Fsp3) is 1.00. The maximum Gasteiger partial charge on any atom is 0.00696 e. The summed E-state index contributed by atoms with van der Waals surface area (Å²) in [6.45, 7) is 7.72. The molecule has 1 N–H and O–H groups in total. The van der Waals surface area contributed by atoms with Crippen LogP contribution in [0.15, 0.2) is 0 Å². The van der Waals surface area contributed by atoms with Crippen LogP contribution in [0, 0.1) is 5.92 Å². The average Bonchev–Trinajstić information content (AvgIpc) is 2.77. The van der Waals surface area contributed by atoms with Crippen molar-refractivity contribution in [2.24, 2.45) is 5.92 Å². The summed E-state index contributed by atoms with van der Waals surface area (Å²) in [5, 5.41) is 3.66. The molecule has 0 spiro atoms. The molecule has 2 atom stereocenters. The van der Waals surface area contributed by atoms with E-state index in [9.17, 15) is 0 Å². The molecule has 2 aliphatic rings. The summed E-state index contributed by atoms with van der Waals surface area (Å²) in [6, 6.07) is 0.822. The molecule has 2 saturated heterocycles. The SMILES string of the molecule is CC1CCNC(CCCCN2CCCC2)C1. The monoisotopic (exact) mass is 224 g/mol. The van der Waals surface area contributed by atoms with Crippen molar-refractivity contribution >= 4 is 0 Å². The molecule has 0 amide bonds. The molecular weight excluding hydrogens is 196 g/mol. The highest BCUT2D eigenvalue weighted by Gasteiger charge is 2.17. The molecule has 0 aromatic heterocycles. The Morgan fingerprint density at radius 2 is 2.00 bits per heavy atom. The summed E-state index contributed by atoms with van der Waals surface area (Å²) in [5.41, 5.74) is 0. The molecule has 0 aromatic carbocycles. The zero-order valence-electron chi connectivity index (χ0n) is 10.9. The first-order valence-electron chi connectivity index (χ1n) is 7.30. The van der Waals surface area contributed by atoms with E-state index in [1.54, 1.807) is 0 Å². The van der Waals surface area contributed by atoms with Crippen LogP contribution in [0.3, 0.4) is 0 Å².